The van der Waals surface area contributed by atoms with Crippen LogP contribution < -0.4 is 20.1 Å². The quantitative estimate of drug-likeness (QED) is 0.476. The van der Waals surface area contributed by atoms with Gasteiger partial charge in [0.05, 0.1) is 27.4 Å². The summed E-state index contributed by atoms with van der Waals surface area (Å²) in [6.07, 6.45) is -2.13. The number of benzene rings is 2. The van der Waals surface area contributed by atoms with Crippen molar-refractivity contribution >= 4 is 11.8 Å². The Bertz CT molecular complexity index is 921. The molecule has 0 radical (unpaired) electrons. The van der Waals surface area contributed by atoms with Crippen LogP contribution in [0.2, 0.25) is 0 Å². The summed E-state index contributed by atoms with van der Waals surface area (Å²) >= 11 is 0. The number of hydrogen-bond donors (Lipinski definition) is 4. The van der Waals surface area contributed by atoms with Crippen molar-refractivity contribution in [1.82, 2.24) is 10.6 Å². The molecule has 0 bridgehead atoms. The van der Waals surface area contributed by atoms with Crippen molar-refractivity contribution in [2.24, 2.45) is 0 Å². The average Bonchev–Trinajstić information content (AvgIpc) is 3.09. The molecule has 2 aromatic rings. The maximum atomic E-state index is 12.4. The average molecular weight is 430 g/mol. The van der Waals surface area contributed by atoms with Gasteiger partial charge in [-0.15, -0.1) is 0 Å². The third-order valence-corrected chi connectivity index (χ3v) is 5.15. The molecule has 166 valence electrons. The summed E-state index contributed by atoms with van der Waals surface area (Å²) in [7, 11) is 2.97. The number of amides is 2. The summed E-state index contributed by atoms with van der Waals surface area (Å²) in [6.45, 7) is -0.397. The summed E-state index contributed by atoms with van der Waals surface area (Å²) in [4.78, 5) is 24.6. The monoisotopic (exact) mass is 430 g/mol. The fraction of sp³-hybridized carbons (Fsp3) is 0.364. The van der Waals surface area contributed by atoms with Crippen LogP contribution in [0.15, 0.2) is 48.5 Å². The normalized spacial score (nSPS) is 22.6. The molecule has 0 spiro atoms. The Morgan fingerprint density at radius 3 is 2.39 bits per heavy atom. The van der Waals surface area contributed by atoms with Crippen LogP contribution in [0.5, 0.6) is 11.5 Å². The first-order chi connectivity index (χ1) is 14.9. The molecule has 3 atom stereocenters. The number of hydrogen-bond acceptors (Lipinski definition) is 7. The van der Waals surface area contributed by atoms with E-state index in [0.29, 0.717) is 22.6 Å². The highest BCUT2D eigenvalue weighted by Crippen LogP contribution is 2.28. The van der Waals surface area contributed by atoms with E-state index in [1.807, 2.05) is 0 Å². The lowest BCUT2D eigenvalue weighted by atomic mass is 9.96. The van der Waals surface area contributed by atoms with Gasteiger partial charge in [-0.3, -0.25) is 9.59 Å². The number of carbonyl (C=O) groups is 2. The van der Waals surface area contributed by atoms with E-state index in [4.69, 9.17) is 14.2 Å². The largest absolute Gasteiger partial charge is 0.493 e. The zero-order valence-electron chi connectivity index (χ0n) is 17.3. The van der Waals surface area contributed by atoms with Gasteiger partial charge in [-0.1, -0.05) is 18.2 Å². The molecular weight excluding hydrogens is 404 g/mol. The highest BCUT2D eigenvalue weighted by Gasteiger charge is 2.48. The minimum absolute atomic E-state index is 0.0245. The molecule has 0 aliphatic carbocycles. The van der Waals surface area contributed by atoms with Gasteiger partial charge in [-0.2, -0.15) is 0 Å². The number of aliphatic hydroxyl groups excluding tert-OH is 1. The van der Waals surface area contributed by atoms with Crippen molar-refractivity contribution in [3.63, 3.8) is 0 Å². The highest BCUT2D eigenvalue weighted by atomic mass is 16.5. The van der Waals surface area contributed by atoms with Crippen LogP contribution >= 0.6 is 0 Å². The summed E-state index contributed by atoms with van der Waals surface area (Å²) in [6, 6.07) is 13.3. The standard InChI is InChI=1S/C22H26N2O7/c1-29-16-9-8-15(10-17(16)30-2)21(27)23-11-18-19(25)22(28,13-31-18)12-24-20(26)14-6-4-3-5-7-14/h3-10,18-19,25,28H,11-13H2,1-2H3,(H,23,27)(H,24,26)/t18-,19-,22+/m1/s1. The molecule has 2 amide bonds. The number of rotatable bonds is 8. The first kappa shape index (κ1) is 22.5. The SMILES string of the molecule is COc1ccc(C(=O)NC[C@H]2OC[C@@](O)(CNC(=O)c3ccccc3)[C@@H]2O)cc1OC. The van der Waals surface area contributed by atoms with E-state index in [-0.39, 0.29) is 25.6 Å². The lowest BCUT2D eigenvalue weighted by Gasteiger charge is -2.26. The van der Waals surface area contributed by atoms with Crippen molar-refractivity contribution in [3.8, 4) is 11.5 Å². The molecular formula is C22H26N2O7. The minimum atomic E-state index is -1.66. The smallest absolute Gasteiger partial charge is 0.251 e. The lowest BCUT2D eigenvalue weighted by molar-refractivity contribution is -0.0464. The molecule has 1 aliphatic rings. The van der Waals surface area contributed by atoms with E-state index >= 15 is 0 Å². The Hall–Kier alpha value is -3.14. The number of ether oxygens (including phenoxy) is 3. The van der Waals surface area contributed by atoms with Gasteiger partial charge >= 0.3 is 0 Å². The van der Waals surface area contributed by atoms with Crippen LogP contribution in [0.3, 0.4) is 0 Å². The molecule has 9 nitrogen and oxygen atoms in total. The maximum Gasteiger partial charge on any atom is 0.251 e. The number of methoxy groups -OCH3 is 2. The molecule has 1 saturated heterocycles. The topological polar surface area (TPSA) is 126 Å². The second-order valence-corrected chi connectivity index (χ2v) is 7.23. The molecule has 0 saturated carbocycles. The predicted molar refractivity (Wildman–Crippen MR) is 111 cm³/mol. The zero-order chi connectivity index (χ0) is 22.4. The Kier molecular flexibility index (Phi) is 7.11. The third-order valence-electron chi connectivity index (χ3n) is 5.15. The zero-order valence-corrected chi connectivity index (χ0v) is 17.3. The molecule has 31 heavy (non-hydrogen) atoms. The Labute approximate surface area is 179 Å². The molecule has 4 N–H and O–H groups in total. The first-order valence-corrected chi connectivity index (χ1v) is 9.73. The van der Waals surface area contributed by atoms with Crippen molar-refractivity contribution in [2.45, 2.75) is 17.8 Å². The molecule has 0 unspecified atom stereocenters. The number of aliphatic hydroxyl groups is 2. The van der Waals surface area contributed by atoms with Crippen LogP contribution in [0.25, 0.3) is 0 Å². The molecule has 2 aromatic carbocycles. The van der Waals surface area contributed by atoms with Gasteiger partial charge in [0.25, 0.3) is 11.8 Å². The van der Waals surface area contributed by atoms with E-state index in [9.17, 15) is 19.8 Å². The van der Waals surface area contributed by atoms with Gasteiger partial charge in [0, 0.05) is 17.7 Å². The second-order valence-electron chi connectivity index (χ2n) is 7.23. The van der Waals surface area contributed by atoms with Crippen LogP contribution in [-0.2, 0) is 4.74 Å². The first-order valence-electron chi connectivity index (χ1n) is 9.73. The van der Waals surface area contributed by atoms with Gasteiger partial charge in [0.1, 0.15) is 17.8 Å². The van der Waals surface area contributed by atoms with Gasteiger partial charge in [-0.25, -0.2) is 0 Å². The van der Waals surface area contributed by atoms with E-state index in [1.165, 1.54) is 20.3 Å². The Morgan fingerprint density at radius 2 is 1.71 bits per heavy atom. The fourth-order valence-electron chi connectivity index (χ4n) is 3.30. The minimum Gasteiger partial charge on any atom is -0.493 e. The van der Waals surface area contributed by atoms with Crippen molar-refractivity contribution in [1.29, 1.82) is 0 Å². The van der Waals surface area contributed by atoms with Gasteiger partial charge in [0.15, 0.2) is 11.5 Å². The predicted octanol–water partition coefficient (Wildman–Crippen LogP) is 0.354. The van der Waals surface area contributed by atoms with Crippen molar-refractivity contribution in [2.75, 3.05) is 33.9 Å². The van der Waals surface area contributed by atoms with E-state index in [2.05, 4.69) is 10.6 Å². The molecule has 9 heteroatoms. The summed E-state index contributed by atoms with van der Waals surface area (Å²) < 4.78 is 15.8. The van der Waals surface area contributed by atoms with Crippen molar-refractivity contribution < 1.29 is 34.0 Å². The van der Waals surface area contributed by atoms with E-state index in [1.54, 1.807) is 42.5 Å². The van der Waals surface area contributed by atoms with Crippen LogP contribution in [0.4, 0.5) is 0 Å². The fourth-order valence-corrected chi connectivity index (χ4v) is 3.30. The molecule has 1 fully saturated rings. The van der Waals surface area contributed by atoms with E-state index in [0.717, 1.165) is 0 Å². The Balaban J connectivity index is 1.54. The number of carbonyl (C=O) groups excluding carboxylic acids is 2. The highest BCUT2D eigenvalue weighted by molar-refractivity contribution is 5.95. The van der Waals surface area contributed by atoms with Gasteiger partial charge in [0.2, 0.25) is 0 Å². The maximum absolute atomic E-state index is 12.4. The molecule has 0 aromatic heterocycles. The van der Waals surface area contributed by atoms with Crippen LogP contribution in [0, 0.1) is 0 Å². The molecule has 1 heterocycles. The lowest BCUT2D eigenvalue weighted by Crippen LogP contribution is -2.53. The van der Waals surface area contributed by atoms with Crippen LogP contribution in [0.1, 0.15) is 20.7 Å². The summed E-state index contributed by atoms with van der Waals surface area (Å²) in [5.74, 6) is 0.142. The second kappa shape index (κ2) is 9.78. The summed E-state index contributed by atoms with van der Waals surface area (Å²) in [5.41, 5.74) is -0.878. The third kappa shape index (κ3) is 5.13. The van der Waals surface area contributed by atoms with Gasteiger partial charge < -0.3 is 35.1 Å². The Morgan fingerprint density at radius 1 is 1.03 bits per heavy atom. The van der Waals surface area contributed by atoms with Crippen molar-refractivity contribution in [3.05, 3.63) is 59.7 Å². The molecule has 3 rings (SSSR count). The van der Waals surface area contributed by atoms with Gasteiger partial charge in [-0.05, 0) is 30.3 Å². The number of nitrogens with one attached hydrogen (secondary N) is 2. The summed E-state index contributed by atoms with van der Waals surface area (Å²) in [5, 5.41) is 26.5. The molecule has 1 aliphatic heterocycles. The van der Waals surface area contributed by atoms with Crippen LogP contribution in [-0.4, -0.2) is 73.8 Å². The van der Waals surface area contributed by atoms with E-state index < -0.39 is 23.7 Å².